The highest BCUT2D eigenvalue weighted by atomic mass is 35.5. The second-order valence-electron chi connectivity index (χ2n) is 3.75. The summed E-state index contributed by atoms with van der Waals surface area (Å²) in [5.74, 6) is 0. The second-order valence-corrected chi connectivity index (χ2v) is 4.14. The molecule has 1 saturated heterocycles. The van der Waals surface area contributed by atoms with Crippen LogP contribution in [0.5, 0.6) is 6.01 Å². The Morgan fingerprint density at radius 1 is 1.67 bits per heavy atom. The van der Waals surface area contributed by atoms with Crippen LogP contribution in [0.4, 0.5) is 0 Å². The molecule has 0 amide bonds. The summed E-state index contributed by atoms with van der Waals surface area (Å²) in [6, 6.07) is 2.48. The maximum absolute atomic E-state index is 5.73. The van der Waals surface area contributed by atoms with Gasteiger partial charge in [-0.05, 0) is 32.5 Å². The van der Waals surface area contributed by atoms with Gasteiger partial charge in [0.15, 0.2) is 0 Å². The van der Waals surface area contributed by atoms with Crippen LogP contribution in [0.25, 0.3) is 0 Å². The number of hydrogen-bond acceptors (Lipinski definition) is 4. The Labute approximate surface area is 94.2 Å². The molecule has 1 aromatic rings. The Morgan fingerprint density at radius 3 is 3.20 bits per heavy atom. The van der Waals surface area contributed by atoms with Gasteiger partial charge in [-0.1, -0.05) is 11.6 Å². The largest absolute Gasteiger partial charge is 0.462 e. The minimum Gasteiger partial charge on any atom is -0.462 e. The van der Waals surface area contributed by atoms with Gasteiger partial charge >= 0.3 is 6.01 Å². The zero-order chi connectivity index (χ0) is 10.7. The number of aromatic nitrogens is 2. The van der Waals surface area contributed by atoms with Crippen LogP contribution in [0, 0.1) is 0 Å². The molecule has 2 heterocycles. The van der Waals surface area contributed by atoms with Crippen LogP contribution in [0.3, 0.4) is 0 Å². The molecule has 1 aromatic heterocycles. The first kappa shape index (κ1) is 10.6. The van der Waals surface area contributed by atoms with E-state index in [1.54, 1.807) is 12.3 Å². The van der Waals surface area contributed by atoms with Gasteiger partial charge in [-0.15, -0.1) is 0 Å². The molecule has 4 nitrogen and oxygen atoms in total. The predicted molar refractivity (Wildman–Crippen MR) is 58.2 cm³/mol. The normalized spacial score (nSPS) is 21.9. The van der Waals surface area contributed by atoms with Crippen LogP contribution in [-0.4, -0.2) is 41.1 Å². The van der Waals surface area contributed by atoms with E-state index < -0.39 is 0 Å². The third kappa shape index (κ3) is 2.79. The summed E-state index contributed by atoms with van der Waals surface area (Å²) >= 11 is 5.73. The number of ether oxygens (including phenoxy) is 1. The van der Waals surface area contributed by atoms with Crippen LogP contribution in [0.2, 0.25) is 5.15 Å². The molecule has 1 aliphatic heterocycles. The molecule has 0 saturated carbocycles. The number of rotatable bonds is 3. The molecule has 0 bridgehead atoms. The zero-order valence-corrected chi connectivity index (χ0v) is 9.44. The van der Waals surface area contributed by atoms with Crippen molar-refractivity contribution in [2.45, 2.75) is 18.9 Å². The topological polar surface area (TPSA) is 38.2 Å². The molecule has 0 aromatic carbocycles. The molecule has 82 valence electrons. The lowest BCUT2D eigenvalue weighted by Crippen LogP contribution is -2.30. The van der Waals surface area contributed by atoms with Crippen molar-refractivity contribution >= 4 is 11.6 Å². The number of hydrogen-bond donors (Lipinski definition) is 0. The van der Waals surface area contributed by atoms with Crippen molar-refractivity contribution < 1.29 is 4.74 Å². The molecule has 1 aliphatic rings. The molecule has 0 N–H and O–H groups in total. The van der Waals surface area contributed by atoms with Crippen molar-refractivity contribution in [2.75, 3.05) is 20.2 Å². The van der Waals surface area contributed by atoms with Gasteiger partial charge in [0.2, 0.25) is 0 Å². The summed E-state index contributed by atoms with van der Waals surface area (Å²) in [5.41, 5.74) is 0. The van der Waals surface area contributed by atoms with E-state index in [9.17, 15) is 0 Å². The minimum atomic E-state index is 0.364. The lowest BCUT2D eigenvalue weighted by atomic mass is 10.2. The third-order valence-corrected chi connectivity index (χ3v) is 2.89. The summed E-state index contributed by atoms with van der Waals surface area (Å²) in [7, 11) is 2.11. The van der Waals surface area contributed by atoms with Gasteiger partial charge in [-0.2, -0.15) is 4.98 Å². The number of likely N-dealkylation sites (N-methyl/N-ethyl adjacent to an activating group) is 1. The first-order valence-corrected chi connectivity index (χ1v) is 5.45. The van der Waals surface area contributed by atoms with E-state index in [4.69, 9.17) is 16.3 Å². The maximum atomic E-state index is 5.73. The molecule has 0 radical (unpaired) electrons. The van der Waals surface area contributed by atoms with Gasteiger partial charge in [0.1, 0.15) is 11.8 Å². The van der Waals surface area contributed by atoms with Crippen LogP contribution in [0.1, 0.15) is 12.8 Å². The van der Waals surface area contributed by atoms with E-state index in [0.29, 0.717) is 23.8 Å². The van der Waals surface area contributed by atoms with Crippen molar-refractivity contribution in [3.05, 3.63) is 17.4 Å². The molecule has 15 heavy (non-hydrogen) atoms. The van der Waals surface area contributed by atoms with E-state index in [2.05, 4.69) is 21.9 Å². The monoisotopic (exact) mass is 227 g/mol. The van der Waals surface area contributed by atoms with Gasteiger partial charge in [-0.3, -0.25) is 0 Å². The van der Waals surface area contributed by atoms with Crippen molar-refractivity contribution in [2.24, 2.45) is 0 Å². The lowest BCUT2D eigenvalue weighted by Gasteiger charge is -2.18. The molecular weight excluding hydrogens is 214 g/mol. The van der Waals surface area contributed by atoms with Crippen molar-refractivity contribution in [3.8, 4) is 6.01 Å². The molecule has 1 fully saturated rings. The van der Waals surface area contributed by atoms with Crippen molar-refractivity contribution in [1.82, 2.24) is 14.9 Å². The van der Waals surface area contributed by atoms with E-state index in [1.165, 1.54) is 12.8 Å². The summed E-state index contributed by atoms with van der Waals surface area (Å²) in [6.07, 6.45) is 4.01. The van der Waals surface area contributed by atoms with Gasteiger partial charge in [0, 0.05) is 12.2 Å². The first-order valence-electron chi connectivity index (χ1n) is 5.07. The average molecular weight is 228 g/mol. The second kappa shape index (κ2) is 4.77. The lowest BCUT2D eigenvalue weighted by molar-refractivity contribution is 0.187. The molecular formula is C10H14ClN3O. The van der Waals surface area contributed by atoms with E-state index >= 15 is 0 Å². The summed E-state index contributed by atoms with van der Waals surface area (Å²) in [5, 5.41) is 0.416. The van der Waals surface area contributed by atoms with E-state index in [0.717, 1.165) is 6.54 Å². The number of nitrogens with zero attached hydrogens (tertiary/aromatic N) is 3. The average Bonchev–Trinajstić information content (AvgIpc) is 2.61. The van der Waals surface area contributed by atoms with Gasteiger partial charge in [-0.25, -0.2) is 4.98 Å². The standard InChI is InChI=1S/C10H14ClN3O/c1-14-6-2-3-8(14)7-15-10-12-5-4-9(11)13-10/h4-5,8H,2-3,6-7H2,1H3/t8-/m0/s1. The number of halogens is 1. The molecule has 0 unspecified atom stereocenters. The molecule has 2 rings (SSSR count). The van der Waals surface area contributed by atoms with Crippen LogP contribution in [-0.2, 0) is 0 Å². The third-order valence-electron chi connectivity index (χ3n) is 2.68. The van der Waals surface area contributed by atoms with Gasteiger partial charge in [0.05, 0.1) is 0 Å². The molecule has 0 spiro atoms. The highest BCUT2D eigenvalue weighted by Gasteiger charge is 2.21. The molecule has 0 aliphatic carbocycles. The van der Waals surface area contributed by atoms with Crippen LogP contribution in [0.15, 0.2) is 12.3 Å². The summed E-state index contributed by atoms with van der Waals surface area (Å²) in [6.45, 7) is 1.78. The Hall–Kier alpha value is -0.870. The smallest absolute Gasteiger partial charge is 0.317 e. The summed E-state index contributed by atoms with van der Waals surface area (Å²) in [4.78, 5) is 10.3. The quantitative estimate of drug-likeness (QED) is 0.736. The molecule has 1 atom stereocenters. The van der Waals surface area contributed by atoms with E-state index in [-0.39, 0.29) is 0 Å². The van der Waals surface area contributed by atoms with Gasteiger partial charge in [0.25, 0.3) is 0 Å². The van der Waals surface area contributed by atoms with Crippen molar-refractivity contribution in [1.29, 1.82) is 0 Å². The molecule has 5 heteroatoms. The fourth-order valence-corrected chi connectivity index (χ4v) is 1.88. The fraction of sp³-hybridized carbons (Fsp3) is 0.600. The Bertz CT molecular complexity index is 334. The van der Waals surface area contributed by atoms with Crippen molar-refractivity contribution in [3.63, 3.8) is 0 Å². The number of likely N-dealkylation sites (tertiary alicyclic amines) is 1. The fourth-order valence-electron chi connectivity index (χ4n) is 1.75. The minimum absolute atomic E-state index is 0.364. The zero-order valence-electron chi connectivity index (χ0n) is 8.69. The van der Waals surface area contributed by atoms with Gasteiger partial charge < -0.3 is 9.64 Å². The first-order chi connectivity index (χ1) is 7.25. The van der Waals surface area contributed by atoms with Crippen LogP contribution >= 0.6 is 11.6 Å². The Balaban J connectivity index is 1.87. The Kier molecular flexibility index (Phi) is 3.38. The Morgan fingerprint density at radius 2 is 2.53 bits per heavy atom. The van der Waals surface area contributed by atoms with E-state index in [1.807, 2.05) is 0 Å². The highest BCUT2D eigenvalue weighted by molar-refractivity contribution is 6.29. The predicted octanol–water partition coefficient (Wildman–Crippen LogP) is 1.60. The summed E-state index contributed by atoms with van der Waals surface area (Å²) < 4.78 is 5.49. The highest BCUT2D eigenvalue weighted by Crippen LogP contribution is 2.16. The van der Waals surface area contributed by atoms with Crippen LogP contribution < -0.4 is 4.74 Å². The maximum Gasteiger partial charge on any atom is 0.317 e. The SMILES string of the molecule is CN1CCC[C@H]1COc1nccc(Cl)n1.